The van der Waals surface area contributed by atoms with Gasteiger partial charge in [-0.3, -0.25) is 4.79 Å². The smallest absolute Gasteiger partial charge is 0.225 e. The van der Waals surface area contributed by atoms with Crippen LogP contribution in [0, 0.1) is 5.82 Å². The molecule has 94 valence electrons. The van der Waals surface area contributed by atoms with Crippen molar-refractivity contribution in [1.29, 1.82) is 0 Å². The van der Waals surface area contributed by atoms with Gasteiger partial charge in [0, 0.05) is 12.0 Å². The maximum Gasteiger partial charge on any atom is 0.225 e. The van der Waals surface area contributed by atoms with E-state index in [1.165, 1.54) is 23.5 Å². The number of nitrogens with zero attached hydrogens (tertiary/aromatic N) is 2. The quantitative estimate of drug-likeness (QED) is 0.835. The van der Waals surface area contributed by atoms with Gasteiger partial charge in [-0.25, -0.2) is 4.39 Å². The fraction of sp³-hybridized carbons (Fsp3) is 0.182. The van der Waals surface area contributed by atoms with E-state index in [-0.39, 0.29) is 11.6 Å². The summed E-state index contributed by atoms with van der Waals surface area (Å²) < 4.78 is 13.0. The predicted octanol–water partition coefficient (Wildman–Crippen LogP) is 2.27. The van der Waals surface area contributed by atoms with Crippen LogP contribution in [0.2, 0.25) is 0 Å². The van der Waals surface area contributed by atoms with E-state index in [4.69, 9.17) is 5.73 Å². The van der Waals surface area contributed by atoms with Crippen molar-refractivity contribution in [2.45, 2.75) is 13.3 Å². The summed E-state index contributed by atoms with van der Waals surface area (Å²) in [6.45, 7) is 1.75. The molecule has 0 unspecified atom stereocenters. The number of halogens is 1. The standard InChI is InChI=1S/C11H11FN4OS/c1-2-9(17)14-11-16-15-10(18-11)6-3-4-7(12)8(13)5-6/h3-5H,2,13H2,1H3,(H,14,16,17). The second-order valence-corrected chi connectivity index (χ2v) is 4.53. The first-order valence-corrected chi connectivity index (χ1v) is 6.10. The number of nitrogens with one attached hydrogen (secondary N) is 1. The van der Waals surface area contributed by atoms with Crippen LogP contribution in [0.15, 0.2) is 18.2 Å². The monoisotopic (exact) mass is 266 g/mol. The van der Waals surface area contributed by atoms with Gasteiger partial charge in [0.15, 0.2) is 0 Å². The first-order valence-electron chi connectivity index (χ1n) is 5.29. The second-order valence-electron chi connectivity index (χ2n) is 3.55. The summed E-state index contributed by atoms with van der Waals surface area (Å²) >= 11 is 1.21. The van der Waals surface area contributed by atoms with Crippen molar-refractivity contribution in [2.24, 2.45) is 0 Å². The molecule has 1 aromatic carbocycles. The molecular formula is C11H11FN4OS. The molecule has 2 aromatic rings. The molecule has 0 spiro atoms. The van der Waals surface area contributed by atoms with Crippen molar-refractivity contribution >= 4 is 28.1 Å². The Balaban J connectivity index is 2.23. The summed E-state index contributed by atoms with van der Waals surface area (Å²) in [5.41, 5.74) is 6.21. The Morgan fingerprint density at radius 2 is 2.28 bits per heavy atom. The van der Waals surface area contributed by atoms with Gasteiger partial charge in [0.1, 0.15) is 10.8 Å². The minimum Gasteiger partial charge on any atom is -0.396 e. The average Bonchev–Trinajstić information content (AvgIpc) is 2.81. The lowest BCUT2D eigenvalue weighted by molar-refractivity contribution is -0.115. The van der Waals surface area contributed by atoms with Crippen molar-refractivity contribution in [3.05, 3.63) is 24.0 Å². The summed E-state index contributed by atoms with van der Waals surface area (Å²) in [5.74, 6) is -0.598. The van der Waals surface area contributed by atoms with Gasteiger partial charge in [-0.2, -0.15) is 0 Å². The molecule has 0 aliphatic carbocycles. The number of carbonyl (C=O) groups is 1. The van der Waals surface area contributed by atoms with Crippen LogP contribution in [-0.2, 0) is 4.79 Å². The number of nitrogens with two attached hydrogens (primary N) is 1. The normalized spacial score (nSPS) is 10.3. The van der Waals surface area contributed by atoms with Crippen molar-refractivity contribution in [3.63, 3.8) is 0 Å². The Morgan fingerprint density at radius 3 is 2.94 bits per heavy atom. The largest absolute Gasteiger partial charge is 0.396 e. The maximum absolute atomic E-state index is 13.0. The third-order valence-corrected chi connectivity index (χ3v) is 3.12. The first kappa shape index (κ1) is 12.4. The molecule has 1 aromatic heterocycles. The zero-order valence-electron chi connectivity index (χ0n) is 9.61. The number of aromatic nitrogens is 2. The second kappa shape index (κ2) is 5.09. The van der Waals surface area contributed by atoms with Gasteiger partial charge in [0.05, 0.1) is 5.69 Å². The third kappa shape index (κ3) is 2.62. The molecular weight excluding hydrogens is 255 g/mol. The van der Waals surface area contributed by atoms with Crippen molar-refractivity contribution in [3.8, 4) is 10.6 Å². The van der Waals surface area contributed by atoms with Crippen LogP contribution < -0.4 is 11.1 Å². The minimum atomic E-state index is -0.470. The molecule has 1 heterocycles. The van der Waals surface area contributed by atoms with Gasteiger partial charge in [-0.05, 0) is 18.2 Å². The highest BCUT2D eigenvalue weighted by atomic mass is 32.1. The lowest BCUT2D eigenvalue weighted by Crippen LogP contribution is -2.08. The Morgan fingerprint density at radius 1 is 1.50 bits per heavy atom. The number of amides is 1. The van der Waals surface area contributed by atoms with Crippen molar-refractivity contribution in [1.82, 2.24) is 10.2 Å². The fourth-order valence-electron chi connectivity index (χ4n) is 1.27. The molecule has 0 saturated heterocycles. The van der Waals surface area contributed by atoms with Gasteiger partial charge >= 0.3 is 0 Å². The summed E-state index contributed by atoms with van der Waals surface area (Å²) in [4.78, 5) is 11.2. The van der Waals surface area contributed by atoms with Gasteiger partial charge in [-0.1, -0.05) is 18.3 Å². The zero-order valence-corrected chi connectivity index (χ0v) is 10.4. The van der Waals surface area contributed by atoms with Gasteiger partial charge in [0.25, 0.3) is 0 Å². The number of nitrogen functional groups attached to an aromatic ring is 1. The Hall–Kier alpha value is -2.02. The number of benzene rings is 1. The van der Waals surface area contributed by atoms with E-state index in [2.05, 4.69) is 15.5 Å². The highest BCUT2D eigenvalue weighted by Gasteiger charge is 2.10. The van der Waals surface area contributed by atoms with Gasteiger partial charge in [0.2, 0.25) is 11.0 Å². The van der Waals surface area contributed by atoms with E-state index in [0.717, 1.165) is 0 Å². The van der Waals surface area contributed by atoms with Crippen molar-refractivity contribution in [2.75, 3.05) is 11.1 Å². The van der Waals surface area contributed by atoms with E-state index in [0.29, 0.717) is 22.1 Å². The van der Waals surface area contributed by atoms with Crippen LogP contribution in [0.5, 0.6) is 0 Å². The number of rotatable bonds is 3. The third-order valence-electron chi connectivity index (χ3n) is 2.24. The highest BCUT2D eigenvalue weighted by molar-refractivity contribution is 7.18. The summed E-state index contributed by atoms with van der Waals surface area (Å²) in [6.07, 6.45) is 0.373. The Kier molecular flexibility index (Phi) is 3.52. The topological polar surface area (TPSA) is 80.9 Å². The average molecular weight is 266 g/mol. The number of hydrogen-bond acceptors (Lipinski definition) is 5. The molecule has 0 atom stereocenters. The molecule has 0 aliphatic heterocycles. The fourth-order valence-corrected chi connectivity index (χ4v) is 2.03. The van der Waals surface area contributed by atoms with Gasteiger partial charge in [-0.15, -0.1) is 10.2 Å². The van der Waals surface area contributed by atoms with Crippen molar-refractivity contribution < 1.29 is 9.18 Å². The van der Waals surface area contributed by atoms with E-state index < -0.39 is 5.82 Å². The molecule has 3 N–H and O–H groups in total. The minimum absolute atomic E-state index is 0.0573. The molecule has 2 rings (SSSR count). The number of carbonyl (C=O) groups excluding carboxylic acids is 1. The Bertz CT molecular complexity index is 584. The molecule has 0 radical (unpaired) electrons. The van der Waals surface area contributed by atoms with Crippen LogP contribution in [0.4, 0.5) is 15.2 Å². The number of hydrogen-bond donors (Lipinski definition) is 2. The van der Waals surface area contributed by atoms with Crippen LogP contribution in [0.3, 0.4) is 0 Å². The van der Waals surface area contributed by atoms with E-state index in [1.54, 1.807) is 13.0 Å². The molecule has 5 nitrogen and oxygen atoms in total. The first-order chi connectivity index (χ1) is 8.60. The number of anilines is 2. The summed E-state index contributed by atoms with van der Waals surface area (Å²) in [5, 5.41) is 11.4. The maximum atomic E-state index is 13.0. The lowest BCUT2D eigenvalue weighted by atomic mass is 10.2. The van der Waals surface area contributed by atoms with Gasteiger partial charge < -0.3 is 11.1 Å². The predicted molar refractivity (Wildman–Crippen MR) is 68.6 cm³/mol. The van der Waals surface area contributed by atoms with Crippen LogP contribution in [-0.4, -0.2) is 16.1 Å². The molecule has 0 aliphatic rings. The van der Waals surface area contributed by atoms with Crippen LogP contribution in [0.25, 0.3) is 10.6 Å². The molecule has 18 heavy (non-hydrogen) atoms. The van der Waals surface area contributed by atoms with Crippen LogP contribution in [0.1, 0.15) is 13.3 Å². The summed E-state index contributed by atoms with van der Waals surface area (Å²) in [7, 11) is 0. The lowest BCUT2D eigenvalue weighted by Gasteiger charge is -1.98. The highest BCUT2D eigenvalue weighted by Crippen LogP contribution is 2.28. The Labute approximate surface area is 107 Å². The zero-order chi connectivity index (χ0) is 13.1. The van der Waals surface area contributed by atoms with E-state index >= 15 is 0 Å². The SMILES string of the molecule is CCC(=O)Nc1nnc(-c2ccc(F)c(N)c2)s1. The molecule has 0 fully saturated rings. The van der Waals surface area contributed by atoms with E-state index in [9.17, 15) is 9.18 Å². The molecule has 7 heteroatoms. The van der Waals surface area contributed by atoms with Crippen LogP contribution >= 0.6 is 11.3 Å². The van der Waals surface area contributed by atoms with E-state index in [1.807, 2.05) is 0 Å². The summed E-state index contributed by atoms with van der Waals surface area (Å²) in [6, 6.07) is 4.33. The molecule has 0 saturated carbocycles. The molecule has 0 bridgehead atoms. The molecule has 1 amide bonds.